The second kappa shape index (κ2) is 8.11. The SMILES string of the molecule is CCOC(=O)C1=C(c2ccccc2)OC(N)=C(C#N)C1c1ccccc1C#N. The van der Waals surface area contributed by atoms with Gasteiger partial charge in [-0.15, -0.1) is 0 Å². The van der Waals surface area contributed by atoms with Gasteiger partial charge in [-0.25, -0.2) is 4.79 Å². The highest BCUT2D eigenvalue weighted by molar-refractivity contribution is 6.00. The van der Waals surface area contributed by atoms with Crippen LogP contribution >= 0.6 is 0 Å². The van der Waals surface area contributed by atoms with Gasteiger partial charge in [0.25, 0.3) is 0 Å². The van der Waals surface area contributed by atoms with Crippen LogP contribution in [0.4, 0.5) is 0 Å². The van der Waals surface area contributed by atoms with E-state index in [0.717, 1.165) is 0 Å². The first-order valence-corrected chi connectivity index (χ1v) is 8.65. The average molecular weight is 371 g/mol. The number of rotatable bonds is 4. The Morgan fingerprint density at radius 1 is 1.11 bits per heavy atom. The van der Waals surface area contributed by atoms with Crippen LogP contribution in [-0.4, -0.2) is 12.6 Å². The van der Waals surface area contributed by atoms with Crippen LogP contribution < -0.4 is 5.73 Å². The molecule has 1 atom stereocenters. The van der Waals surface area contributed by atoms with Crippen LogP contribution in [-0.2, 0) is 14.3 Å². The molecule has 0 fully saturated rings. The van der Waals surface area contributed by atoms with Gasteiger partial charge in [0, 0.05) is 5.56 Å². The number of carbonyl (C=O) groups is 1. The molecule has 0 aliphatic carbocycles. The van der Waals surface area contributed by atoms with Gasteiger partial charge >= 0.3 is 5.97 Å². The van der Waals surface area contributed by atoms with Gasteiger partial charge in [-0.05, 0) is 18.6 Å². The molecular formula is C22H17N3O3. The Morgan fingerprint density at radius 3 is 2.43 bits per heavy atom. The fourth-order valence-electron chi connectivity index (χ4n) is 3.14. The molecule has 0 radical (unpaired) electrons. The molecule has 0 aromatic heterocycles. The lowest BCUT2D eigenvalue weighted by atomic mass is 9.80. The van der Waals surface area contributed by atoms with Gasteiger partial charge in [0.05, 0.1) is 29.7 Å². The normalized spacial score (nSPS) is 16.0. The highest BCUT2D eigenvalue weighted by atomic mass is 16.5. The van der Waals surface area contributed by atoms with Crippen LogP contribution in [0, 0.1) is 22.7 Å². The zero-order valence-corrected chi connectivity index (χ0v) is 15.2. The van der Waals surface area contributed by atoms with E-state index in [-0.39, 0.29) is 29.4 Å². The van der Waals surface area contributed by atoms with Crippen molar-refractivity contribution in [3.63, 3.8) is 0 Å². The van der Waals surface area contributed by atoms with E-state index >= 15 is 0 Å². The van der Waals surface area contributed by atoms with E-state index in [2.05, 4.69) is 6.07 Å². The minimum absolute atomic E-state index is 0.0606. The molecule has 2 aromatic rings. The smallest absolute Gasteiger partial charge is 0.338 e. The summed E-state index contributed by atoms with van der Waals surface area (Å²) in [5, 5.41) is 19.3. The molecule has 0 saturated heterocycles. The summed E-state index contributed by atoms with van der Waals surface area (Å²) in [5.74, 6) is -1.39. The zero-order chi connectivity index (χ0) is 20.1. The average Bonchev–Trinajstić information content (AvgIpc) is 2.73. The van der Waals surface area contributed by atoms with Gasteiger partial charge in [-0.1, -0.05) is 48.5 Å². The minimum atomic E-state index is -0.871. The lowest BCUT2D eigenvalue weighted by Gasteiger charge is -2.28. The highest BCUT2D eigenvalue weighted by Crippen LogP contribution is 2.43. The molecule has 1 heterocycles. The van der Waals surface area contributed by atoms with Crippen molar-refractivity contribution in [2.24, 2.45) is 5.73 Å². The molecule has 138 valence electrons. The second-order valence-corrected chi connectivity index (χ2v) is 5.95. The molecule has 6 heteroatoms. The summed E-state index contributed by atoms with van der Waals surface area (Å²) in [4.78, 5) is 12.9. The van der Waals surface area contributed by atoms with Crippen molar-refractivity contribution in [2.75, 3.05) is 6.61 Å². The molecule has 6 nitrogen and oxygen atoms in total. The molecule has 1 aliphatic rings. The maximum absolute atomic E-state index is 12.9. The number of nitrogens with two attached hydrogens (primary N) is 1. The minimum Gasteiger partial charge on any atom is -0.463 e. The van der Waals surface area contributed by atoms with Crippen molar-refractivity contribution in [2.45, 2.75) is 12.8 Å². The maximum Gasteiger partial charge on any atom is 0.338 e. The molecule has 28 heavy (non-hydrogen) atoms. The van der Waals surface area contributed by atoms with Crippen molar-refractivity contribution in [1.29, 1.82) is 10.5 Å². The number of benzene rings is 2. The van der Waals surface area contributed by atoms with Crippen LogP contribution in [0.2, 0.25) is 0 Å². The third-order valence-corrected chi connectivity index (χ3v) is 4.34. The molecule has 0 amide bonds. The van der Waals surface area contributed by atoms with Crippen molar-refractivity contribution in [3.8, 4) is 12.1 Å². The summed E-state index contributed by atoms with van der Waals surface area (Å²) in [6.07, 6.45) is 0. The molecule has 1 aliphatic heterocycles. The van der Waals surface area contributed by atoms with Gasteiger partial charge in [0.1, 0.15) is 17.4 Å². The number of nitrogens with zero attached hydrogens (tertiary/aromatic N) is 2. The van der Waals surface area contributed by atoms with Gasteiger partial charge in [-0.2, -0.15) is 10.5 Å². The number of hydrogen-bond donors (Lipinski definition) is 1. The number of allylic oxidation sites excluding steroid dienone is 1. The number of nitriles is 2. The van der Waals surface area contributed by atoms with Crippen molar-refractivity contribution >= 4 is 11.7 Å². The third-order valence-electron chi connectivity index (χ3n) is 4.34. The van der Waals surface area contributed by atoms with Crippen LogP contribution in [0.1, 0.15) is 29.5 Å². The van der Waals surface area contributed by atoms with Gasteiger partial charge in [0.2, 0.25) is 5.88 Å². The summed E-state index contributed by atoms with van der Waals surface area (Å²) < 4.78 is 11.0. The molecule has 1 unspecified atom stereocenters. The standard InChI is InChI=1S/C22H17N3O3/c1-2-27-22(26)19-18(16-11-7-6-10-15(16)12-23)17(13-24)21(25)28-20(19)14-8-4-3-5-9-14/h3-11,18H,2,25H2,1H3. The van der Waals surface area contributed by atoms with Crippen molar-refractivity contribution < 1.29 is 14.3 Å². The van der Waals surface area contributed by atoms with Crippen molar-refractivity contribution in [3.05, 3.63) is 88.3 Å². The molecule has 3 rings (SSSR count). The molecule has 2 aromatic carbocycles. The van der Waals surface area contributed by atoms with E-state index in [0.29, 0.717) is 16.7 Å². The Morgan fingerprint density at radius 2 is 1.79 bits per heavy atom. The Hall–Kier alpha value is -4.03. The monoisotopic (exact) mass is 371 g/mol. The fourth-order valence-corrected chi connectivity index (χ4v) is 3.14. The molecule has 0 bridgehead atoms. The highest BCUT2D eigenvalue weighted by Gasteiger charge is 2.39. The van der Waals surface area contributed by atoms with Crippen LogP contribution in [0.15, 0.2) is 71.6 Å². The van der Waals surface area contributed by atoms with E-state index in [1.54, 1.807) is 55.5 Å². The Balaban J connectivity index is 2.34. The lowest BCUT2D eigenvalue weighted by Crippen LogP contribution is -2.26. The van der Waals surface area contributed by atoms with E-state index in [1.807, 2.05) is 12.1 Å². The first kappa shape index (κ1) is 18.8. The number of esters is 1. The molecule has 2 N–H and O–H groups in total. The summed E-state index contributed by atoms with van der Waals surface area (Å²) in [5.41, 5.74) is 7.68. The summed E-state index contributed by atoms with van der Waals surface area (Å²) in [6.45, 7) is 1.84. The third kappa shape index (κ3) is 3.32. The van der Waals surface area contributed by atoms with Crippen molar-refractivity contribution in [1.82, 2.24) is 0 Å². The number of carbonyl (C=O) groups excluding carboxylic acids is 1. The Labute approximate surface area is 162 Å². The first-order chi connectivity index (χ1) is 13.6. The second-order valence-electron chi connectivity index (χ2n) is 5.95. The predicted molar refractivity (Wildman–Crippen MR) is 102 cm³/mol. The summed E-state index contributed by atoms with van der Waals surface area (Å²) >= 11 is 0. The van der Waals surface area contributed by atoms with E-state index in [1.165, 1.54) is 0 Å². The van der Waals surface area contributed by atoms with E-state index in [9.17, 15) is 15.3 Å². The Bertz CT molecular complexity index is 1060. The number of ether oxygens (including phenoxy) is 2. The van der Waals surface area contributed by atoms with E-state index < -0.39 is 11.9 Å². The van der Waals surface area contributed by atoms with Gasteiger partial charge < -0.3 is 15.2 Å². The maximum atomic E-state index is 12.9. The fraction of sp³-hybridized carbons (Fsp3) is 0.136. The van der Waals surface area contributed by atoms with Gasteiger partial charge in [0.15, 0.2) is 0 Å². The largest absolute Gasteiger partial charge is 0.463 e. The molecule has 0 saturated carbocycles. The zero-order valence-electron chi connectivity index (χ0n) is 15.2. The van der Waals surface area contributed by atoms with Crippen LogP contribution in [0.3, 0.4) is 0 Å². The quantitative estimate of drug-likeness (QED) is 0.826. The topological polar surface area (TPSA) is 109 Å². The Kier molecular flexibility index (Phi) is 5.43. The van der Waals surface area contributed by atoms with Crippen LogP contribution in [0.5, 0.6) is 0 Å². The van der Waals surface area contributed by atoms with Crippen LogP contribution in [0.25, 0.3) is 5.76 Å². The van der Waals surface area contributed by atoms with E-state index in [4.69, 9.17) is 15.2 Å². The van der Waals surface area contributed by atoms with Gasteiger partial charge in [-0.3, -0.25) is 0 Å². The summed E-state index contributed by atoms with van der Waals surface area (Å²) in [7, 11) is 0. The predicted octanol–water partition coefficient (Wildman–Crippen LogP) is 3.34. The summed E-state index contributed by atoms with van der Waals surface area (Å²) in [6, 6.07) is 19.9. The lowest BCUT2D eigenvalue weighted by molar-refractivity contribution is -0.138. The number of hydrogen-bond acceptors (Lipinski definition) is 6. The first-order valence-electron chi connectivity index (χ1n) is 8.65. The molecule has 0 spiro atoms. The molecular weight excluding hydrogens is 354 g/mol.